The Bertz CT molecular complexity index is 581. The van der Waals surface area contributed by atoms with Crippen LogP contribution in [0.25, 0.3) is 0 Å². The fraction of sp³-hybridized carbons (Fsp3) is 0.333. The molecule has 1 aromatic carbocycles. The van der Waals surface area contributed by atoms with Gasteiger partial charge in [-0.25, -0.2) is 0 Å². The summed E-state index contributed by atoms with van der Waals surface area (Å²) in [6.45, 7) is 3.84. The van der Waals surface area contributed by atoms with Crippen molar-refractivity contribution in [1.82, 2.24) is 5.32 Å². The molecule has 4 N–H and O–H groups in total. The van der Waals surface area contributed by atoms with Gasteiger partial charge >= 0.3 is 0 Å². The normalized spacial score (nSPS) is 10.9. The zero-order chi connectivity index (χ0) is 16.4. The zero-order valence-corrected chi connectivity index (χ0v) is 13.1. The van der Waals surface area contributed by atoms with Crippen molar-refractivity contribution in [2.45, 2.75) is 13.3 Å². The highest BCUT2D eigenvalue weighted by molar-refractivity contribution is 6.34. The molecule has 1 rings (SSSR count). The van der Waals surface area contributed by atoms with Crippen molar-refractivity contribution in [3.8, 4) is 6.07 Å². The Morgan fingerprint density at radius 1 is 1.55 bits per heavy atom. The van der Waals surface area contributed by atoms with E-state index in [1.54, 1.807) is 12.1 Å². The topological polar surface area (TPSA) is 100 Å². The molecule has 118 valence electrons. The maximum absolute atomic E-state index is 12.0. The number of anilines is 2. The molecule has 0 aliphatic heterocycles. The minimum atomic E-state index is -0.536. The molecule has 0 radical (unpaired) electrons. The van der Waals surface area contributed by atoms with E-state index < -0.39 is 5.91 Å². The van der Waals surface area contributed by atoms with Crippen molar-refractivity contribution in [2.75, 3.05) is 30.8 Å². The maximum Gasteiger partial charge on any atom is 0.267 e. The SMILES string of the molecule is CCOCCCN/C=C(/C#N)C(=O)Nc1ccc(N)cc1Cl. The van der Waals surface area contributed by atoms with Gasteiger partial charge < -0.3 is 21.1 Å². The second-order valence-electron chi connectivity index (χ2n) is 4.37. The van der Waals surface area contributed by atoms with Gasteiger partial charge in [-0.3, -0.25) is 4.79 Å². The number of carbonyl (C=O) groups is 1. The Hall–Kier alpha value is -2.23. The third-order valence-electron chi connectivity index (χ3n) is 2.67. The zero-order valence-electron chi connectivity index (χ0n) is 12.4. The third kappa shape index (κ3) is 6.04. The molecule has 0 aromatic heterocycles. The number of carbonyl (C=O) groups excluding carboxylic acids is 1. The number of amides is 1. The van der Waals surface area contributed by atoms with Crippen LogP contribution < -0.4 is 16.4 Å². The Balaban J connectivity index is 2.55. The van der Waals surface area contributed by atoms with Crippen molar-refractivity contribution in [2.24, 2.45) is 0 Å². The molecule has 1 amide bonds. The van der Waals surface area contributed by atoms with Crippen LogP contribution in [-0.2, 0) is 9.53 Å². The number of hydrogen-bond acceptors (Lipinski definition) is 5. The minimum absolute atomic E-state index is 0.0377. The molecular formula is C15H19ClN4O2. The number of hydrogen-bond donors (Lipinski definition) is 3. The first kappa shape index (κ1) is 17.8. The monoisotopic (exact) mass is 322 g/mol. The molecule has 6 nitrogen and oxygen atoms in total. The van der Waals surface area contributed by atoms with E-state index in [9.17, 15) is 4.79 Å². The fourth-order valence-corrected chi connectivity index (χ4v) is 1.80. The molecule has 0 atom stereocenters. The number of nitrogens with two attached hydrogens (primary N) is 1. The Morgan fingerprint density at radius 2 is 2.32 bits per heavy atom. The average Bonchev–Trinajstić information content (AvgIpc) is 2.49. The van der Waals surface area contributed by atoms with E-state index >= 15 is 0 Å². The van der Waals surface area contributed by atoms with E-state index in [1.165, 1.54) is 12.3 Å². The maximum atomic E-state index is 12.0. The predicted molar refractivity (Wildman–Crippen MR) is 87.3 cm³/mol. The lowest BCUT2D eigenvalue weighted by Gasteiger charge is -2.07. The smallest absolute Gasteiger partial charge is 0.267 e. The number of nitriles is 1. The molecule has 1 aromatic rings. The average molecular weight is 323 g/mol. The number of halogens is 1. The van der Waals surface area contributed by atoms with E-state index in [0.717, 1.165) is 6.42 Å². The highest BCUT2D eigenvalue weighted by Gasteiger charge is 2.11. The van der Waals surface area contributed by atoms with Gasteiger partial charge in [0.25, 0.3) is 5.91 Å². The highest BCUT2D eigenvalue weighted by atomic mass is 35.5. The molecule has 0 spiro atoms. The van der Waals surface area contributed by atoms with Crippen molar-refractivity contribution in [3.05, 3.63) is 35.0 Å². The standard InChI is InChI=1S/C15H19ClN4O2/c1-2-22-7-3-6-19-10-11(9-17)15(21)20-14-5-4-12(18)8-13(14)16/h4-5,8,10,19H,2-3,6-7,18H2,1H3,(H,20,21)/b11-10-. The van der Waals surface area contributed by atoms with Gasteiger partial charge in [0.1, 0.15) is 11.6 Å². The molecule has 7 heteroatoms. The minimum Gasteiger partial charge on any atom is -0.399 e. The van der Waals surface area contributed by atoms with Gasteiger partial charge in [0, 0.05) is 31.6 Å². The molecular weight excluding hydrogens is 304 g/mol. The summed E-state index contributed by atoms with van der Waals surface area (Å²) in [5, 5.41) is 14.8. The van der Waals surface area contributed by atoms with Crippen LogP contribution in [0.1, 0.15) is 13.3 Å². The molecule has 0 heterocycles. The molecule has 22 heavy (non-hydrogen) atoms. The van der Waals surface area contributed by atoms with Crippen molar-refractivity contribution >= 4 is 28.9 Å². The third-order valence-corrected chi connectivity index (χ3v) is 2.98. The number of ether oxygens (including phenoxy) is 1. The second-order valence-corrected chi connectivity index (χ2v) is 4.78. The van der Waals surface area contributed by atoms with E-state index in [4.69, 9.17) is 27.3 Å². The summed E-state index contributed by atoms with van der Waals surface area (Å²) in [7, 11) is 0. The molecule has 0 saturated carbocycles. The summed E-state index contributed by atoms with van der Waals surface area (Å²) in [5.41, 5.74) is 6.44. The fourth-order valence-electron chi connectivity index (χ4n) is 1.57. The number of nitrogen functional groups attached to an aromatic ring is 1. The summed E-state index contributed by atoms with van der Waals surface area (Å²) in [6, 6.07) is 6.57. The summed E-state index contributed by atoms with van der Waals surface area (Å²) >= 11 is 5.97. The van der Waals surface area contributed by atoms with Gasteiger partial charge in [0.15, 0.2) is 0 Å². The van der Waals surface area contributed by atoms with Gasteiger partial charge in [-0.1, -0.05) is 11.6 Å². The summed E-state index contributed by atoms with van der Waals surface area (Å²) in [5.74, 6) is -0.536. The van der Waals surface area contributed by atoms with Gasteiger partial charge in [0.2, 0.25) is 0 Å². The van der Waals surface area contributed by atoms with Crippen molar-refractivity contribution in [1.29, 1.82) is 5.26 Å². The van der Waals surface area contributed by atoms with E-state index in [-0.39, 0.29) is 5.57 Å². The summed E-state index contributed by atoms with van der Waals surface area (Å²) in [6.07, 6.45) is 2.17. The lowest BCUT2D eigenvalue weighted by molar-refractivity contribution is -0.112. The molecule has 0 unspecified atom stereocenters. The van der Waals surface area contributed by atoms with Gasteiger partial charge in [-0.05, 0) is 31.5 Å². The van der Waals surface area contributed by atoms with Gasteiger partial charge in [-0.15, -0.1) is 0 Å². The van der Waals surface area contributed by atoms with Crippen LogP contribution >= 0.6 is 11.6 Å². The van der Waals surface area contributed by atoms with Crippen molar-refractivity contribution < 1.29 is 9.53 Å². The molecule has 0 aliphatic rings. The first-order valence-corrected chi connectivity index (χ1v) is 7.24. The summed E-state index contributed by atoms with van der Waals surface area (Å²) in [4.78, 5) is 12.0. The largest absolute Gasteiger partial charge is 0.399 e. The van der Waals surface area contributed by atoms with E-state index in [2.05, 4.69) is 10.6 Å². The van der Waals surface area contributed by atoms with E-state index in [0.29, 0.717) is 36.2 Å². The number of nitrogens with zero attached hydrogens (tertiary/aromatic N) is 1. The highest BCUT2D eigenvalue weighted by Crippen LogP contribution is 2.24. The van der Waals surface area contributed by atoms with Crippen LogP contribution in [0.15, 0.2) is 30.0 Å². The van der Waals surface area contributed by atoms with Crippen LogP contribution in [0.4, 0.5) is 11.4 Å². The van der Waals surface area contributed by atoms with Crippen LogP contribution in [0, 0.1) is 11.3 Å². The van der Waals surface area contributed by atoms with Gasteiger partial charge in [0.05, 0.1) is 10.7 Å². The lowest BCUT2D eigenvalue weighted by atomic mass is 10.2. The van der Waals surface area contributed by atoms with Crippen LogP contribution in [0.3, 0.4) is 0 Å². The summed E-state index contributed by atoms with van der Waals surface area (Å²) < 4.78 is 5.19. The second kappa shape index (κ2) is 9.66. The van der Waals surface area contributed by atoms with Gasteiger partial charge in [-0.2, -0.15) is 5.26 Å². The van der Waals surface area contributed by atoms with Crippen LogP contribution in [0.2, 0.25) is 5.02 Å². The van der Waals surface area contributed by atoms with Crippen molar-refractivity contribution in [3.63, 3.8) is 0 Å². The first-order valence-electron chi connectivity index (χ1n) is 6.86. The molecule has 0 saturated heterocycles. The van der Waals surface area contributed by atoms with Crippen LogP contribution in [-0.4, -0.2) is 25.7 Å². The first-order chi connectivity index (χ1) is 10.6. The Kier molecular flexibility index (Phi) is 7.83. The molecule has 0 bridgehead atoms. The molecule has 0 aliphatic carbocycles. The predicted octanol–water partition coefficient (Wildman–Crippen LogP) is 2.28. The lowest BCUT2D eigenvalue weighted by Crippen LogP contribution is -2.18. The number of rotatable bonds is 8. The Morgan fingerprint density at radius 3 is 2.95 bits per heavy atom. The number of benzene rings is 1. The Labute approximate surface area is 134 Å². The molecule has 0 fully saturated rings. The van der Waals surface area contributed by atoms with Crippen LogP contribution in [0.5, 0.6) is 0 Å². The quantitative estimate of drug-likeness (QED) is 0.295. The van der Waals surface area contributed by atoms with E-state index in [1.807, 2.05) is 13.0 Å². The number of nitrogens with one attached hydrogen (secondary N) is 2.